The van der Waals surface area contributed by atoms with Crippen molar-refractivity contribution in [2.24, 2.45) is 0 Å². The van der Waals surface area contributed by atoms with Crippen LogP contribution in [0.3, 0.4) is 0 Å². The summed E-state index contributed by atoms with van der Waals surface area (Å²) in [5, 5.41) is 0. The highest BCUT2D eigenvalue weighted by Crippen LogP contribution is 2.41. The molecule has 4 heteroatoms. The van der Waals surface area contributed by atoms with Crippen LogP contribution in [0.15, 0.2) is 30.3 Å². The topological polar surface area (TPSA) is 52.6 Å². The summed E-state index contributed by atoms with van der Waals surface area (Å²) in [5.41, 5.74) is 2.19. The number of esters is 2. The molecular weight excluding hydrogens is 268 g/mol. The number of rotatable bonds is 2. The summed E-state index contributed by atoms with van der Waals surface area (Å²) < 4.78 is 10.6. The Hall–Kier alpha value is -2.10. The van der Waals surface area contributed by atoms with Gasteiger partial charge in [-0.15, -0.1) is 0 Å². The van der Waals surface area contributed by atoms with E-state index in [-0.39, 0.29) is 18.0 Å². The number of benzene rings is 1. The molecule has 1 aromatic rings. The van der Waals surface area contributed by atoms with Crippen LogP contribution in [0, 0.1) is 0 Å². The number of carbonyl (C=O) groups excluding carboxylic acids is 2. The molecular formula is C17H20O4. The van der Waals surface area contributed by atoms with E-state index in [0.29, 0.717) is 6.42 Å². The Balaban J connectivity index is 2.26. The van der Waals surface area contributed by atoms with Crippen LogP contribution in [-0.2, 0) is 19.1 Å². The Morgan fingerprint density at radius 3 is 2.52 bits per heavy atom. The SMILES string of the molecule is CC(=O)OC1C/C(=C/C(=O)OC(C)(C)C)c2ccccc21. The Labute approximate surface area is 124 Å². The summed E-state index contributed by atoms with van der Waals surface area (Å²) in [4.78, 5) is 23.1. The van der Waals surface area contributed by atoms with Crippen LogP contribution in [0.25, 0.3) is 5.57 Å². The van der Waals surface area contributed by atoms with E-state index in [4.69, 9.17) is 9.47 Å². The quantitative estimate of drug-likeness (QED) is 0.618. The number of hydrogen-bond donors (Lipinski definition) is 0. The predicted molar refractivity (Wildman–Crippen MR) is 79.4 cm³/mol. The van der Waals surface area contributed by atoms with Crippen molar-refractivity contribution in [3.63, 3.8) is 0 Å². The van der Waals surface area contributed by atoms with Gasteiger partial charge in [-0.2, -0.15) is 0 Å². The predicted octanol–water partition coefficient (Wildman–Crippen LogP) is 3.42. The molecule has 4 nitrogen and oxygen atoms in total. The Kier molecular flexibility index (Phi) is 4.16. The minimum atomic E-state index is -0.526. The molecule has 1 atom stereocenters. The van der Waals surface area contributed by atoms with Crippen molar-refractivity contribution in [1.82, 2.24) is 0 Å². The van der Waals surface area contributed by atoms with Gasteiger partial charge in [0, 0.05) is 25.0 Å². The summed E-state index contributed by atoms with van der Waals surface area (Å²) in [7, 11) is 0. The molecule has 2 rings (SSSR count). The van der Waals surface area contributed by atoms with E-state index in [1.807, 2.05) is 45.0 Å². The van der Waals surface area contributed by atoms with Crippen molar-refractivity contribution in [2.75, 3.05) is 0 Å². The normalized spacial score (nSPS) is 19.2. The molecule has 1 aliphatic carbocycles. The molecule has 0 saturated carbocycles. The first kappa shape index (κ1) is 15.3. The average molecular weight is 288 g/mol. The number of hydrogen-bond acceptors (Lipinski definition) is 4. The molecule has 112 valence electrons. The second kappa shape index (κ2) is 5.72. The largest absolute Gasteiger partial charge is 0.457 e. The molecule has 0 N–H and O–H groups in total. The monoisotopic (exact) mass is 288 g/mol. The van der Waals surface area contributed by atoms with Crippen LogP contribution in [0.5, 0.6) is 0 Å². The molecule has 0 heterocycles. The van der Waals surface area contributed by atoms with E-state index >= 15 is 0 Å². The third kappa shape index (κ3) is 3.94. The van der Waals surface area contributed by atoms with Crippen molar-refractivity contribution in [1.29, 1.82) is 0 Å². The molecule has 0 fully saturated rings. The van der Waals surface area contributed by atoms with Gasteiger partial charge in [0.15, 0.2) is 0 Å². The molecule has 0 amide bonds. The number of fused-ring (bicyclic) bond motifs is 1. The maximum absolute atomic E-state index is 11.9. The first-order chi connectivity index (χ1) is 9.76. The molecule has 0 bridgehead atoms. The fourth-order valence-corrected chi connectivity index (χ4v) is 2.41. The van der Waals surface area contributed by atoms with E-state index in [2.05, 4.69) is 0 Å². The first-order valence-corrected chi connectivity index (χ1v) is 6.96. The highest BCUT2D eigenvalue weighted by Gasteiger charge is 2.29. The summed E-state index contributed by atoms with van der Waals surface area (Å²) in [6.07, 6.45) is 1.67. The lowest BCUT2D eigenvalue weighted by Gasteiger charge is -2.18. The van der Waals surface area contributed by atoms with Crippen LogP contribution >= 0.6 is 0 Å². The Morgan fingerprint density at radius 1 is 1.24 bits per heavy atom. The average Bonchev–Trinajstić information content (AvgIpc) is 2.65. The molecule has 1 aliphatic rings. The van der Waals surface area contributed by atoms with Crippen molar-refractivity contribution in [3.8, 4) is 0 Å². The van der Waals surface area contributed by atoms with Gasteiger partial charge in [0.05, 0.1) is 0 Å². The van der Waals surface area contributed by atoms with Crippen LogP contribution in [-0.4, -0.2) is 17.5 Å². The van der Waals surface area contributed by atoms with E-state index in [0.717, 1.165) is 16.7 Å². The van der Waals surface area contributed by atoms with Gasteiger partial charge in [-0.05, 0) is 31.9 Å². The molecule has 0 radical (unpaired) electrons. The van der Waals surface area contributed by atoms with Gasteiger partial charge in [0.2, 0.25) is 0 Å². The molecule has 21 heavy (non-hydrogen) atoms. The molecule has 1 unspecified atom stereocenters. The Bertz CT molecular complexity index is 593. The standard InChI is InChI=1S/C17H20O4/c1-11(18)20-15-9-12(10-16(19)21-17(2,3)4)13-7-5-6-8-14(13)15/h5-8,10,15H,9H2,1-4H3/b12-10-. The minimum absolute atomic E-state index is 0.326. The van der Waals surface area contributed by atoms with Crippen LogP contribution in [0.2, 0.25) is 0 Å². The molecule has 0 aromatic heterocycles. The third-order valence-electron chi connectivity index (χ3n) is 3.07. The summed E-state index contributed by atoms with van der Waals surface area (Å²) >= 11 is 0. The van der Waals surface area contributed by atoms with Crippen molar-refractivity contribution in [3.05, 3.63) is 41.5 Å². The highest BCUT2D eigenvalue weighted by atomic mass is 16.6. The molecule has 0 aliphatic heterocycles. The fourth-order valence-electron chi connectivity index (χ4n) is 2.41. The Morgan fingerprint density at radius 2 is 1.90 bits per heavy atom. The van der Waals surface area contributed by atoms with Crippen molar-refractivity contribution >= 4 is 17.5 Å². The molecule has 1 aromatic carbocycles. The van der Waals surface area contributed by atoms with Gasteiger partial charge in [-0.3, -0.25) is 4.79 Å². The van der Waals surface area contributed by atoms with Gasteiger partial charge in [0.25, 0.3) is 0 Å². The highest BCUT2D eigenvalue weighted by molar-refractivity contribution is 5.93. The summed E-state index contributed by atoms with van der Waals surface area (Å²) in [5.74, 6) is -0.705. The second-order valence-electron chi connectivity index (χ2n) is 6.09. The van der Waals surface area contributed by atoms with Gasteiger partial charge < -0.3 is 9.47 Å². The van der Waals surface area contributed by atoms with Gasteiger partial charge in [-0.25, -0.2) is 4.79 Å². The zero-order valence-corrected chi connectivity index (χ0v) is 12.8. The zero-order valence-electron chi connectivity index (χ0n) is 12.8. The lowest BCUT2D eigenvalue weighted by Crippen LogP contribution is -2.22. The lowest BCUT2D eigenvalue weighted by molar-refractivity contribution is -0.148. The summed E-state index contributed by atoms with van der Waals surface area (Å²) in [6.45, 7) is 6.87. The second-order valence-corrected chi connectivity index (χ2v) is 6.09. The lowest BCUT2D eigenvalue weighted by atomic mass is 10.1. The van der Waals surface area contributed by atoms with E-state index in [9.17, 15) is 9.59 Å². The zero-order chi connectivity index (χ0) is 15.6. The van der Waals surface area contributed by atoms with Gasteiger partial charge in [-0.1, -0.05) is 24.3 Å². The summed E-state index contributed by atoms with van der Waals surface area (Å²) in [6, 6.07) is 7.64. The fraction of sp³-hybridized carbons (Fsp3) is 0.412. The maximum atomic E-state index is 11.9. The van der Waals surface area contributed by atoms with Crippen LogP contribution < -0.4 is 0 Å². The van der Waals surface area contributed by atoms with Crippen LogP contribution in [0.4, 0.5) is 0 Å². The van der Waals surface area contributed by atoms with Crippen LogP contribution in [0.1, 0.15) is 51.3 Å². The third-order valence-corrected chi connectivity index (χ3v) is 3.07. The number of carbonyl (C=O) groups is 2. The van der Waals surface area contributed by atoms with Gasteiger partial charge in [0.1, 0.15) is 11.7 Å². The minimum Gasteiger partial charge on any atom is -0.457 e. The molecule has 0 saturated heterocycles. The van der Waals surface area contributed by atoms with Crippen molar-refractivity contribution < 1.29 is 19.1 Å². The maximum Gasteiger partial charge on any atom is 0.331 e. The smallest absolute Gasteiger partial charge is 0.331 e. The number of ether oxygens (including phenoxy) is 2. The van der Waals surface area contributed by atoms with Gasteiger partial charge >= 0.3 is 11.9 Å². The van der Waals surface area contributed by atoms with E-state index in [1.165, 1.54) is 13.0 Å². The van der Waals surface area contributed by atoms with Crippen molar-refractivity contribution in [2.45, 2.75) is 45.8 Å². The first-order valence-electron chi connectivity index (χ1n) is 6.96. The van der Waals surface area contributed by atoms with E-state index < -0.39 is 5.60 Å². The van der Waals surface area contributed by atoms with E-state index in [1.54, 1.807) is 0 Å². The molecule has 0 spiro atoms.